The van der Waals surface area contributed by atoms with Gasteiger partial charge in [0.15, 0.2) is 6.29 Å². The molecular weight excluding hydrogens is 336 g/mol. The molecule has 26 heavy (non-hydrogen) atoms. The Morgan fingerprint density at radius 1 is 1.35 bits per heavy atom. The van der Waals surface area contributed by atoms with E-state index in [9.17, 15) is 14.4 Å². The van der Waals surface area contributed by atoms with Crippen LogP contribution < -0.4 is 21.3 Å². The van der Waals surface area contributed by atoms with Crippen LogP contribution in [0.5, 0.6) is 0 Å². The fraction of sp³-hybridized carbons (Fsp3) is 0.647. The third-order valence-electron chi connectivity index (χ3n) is 4.42. The zero-order valence-corrected chi connectivity index (χ0v) is 15.9. The number of nitrogens with zero attached hydrogens (tertiary/aromatic N) is 2. The van der Waals surface area contributed by atoms with Gasteiger partial charge in [0.05, 0.1) is 5.69 Å². The molecule has 0 radical (unpaired) electrons. The Morgan fingerprint density at radius 3 is 2.65 bits per heavy atom. The van der Waals surface area contributed by atoms with E-state index in [1.165, 1.54) is 4.68 Å². The van der Waals surface area contributed by atoms with Gasteiger partial charge in [-0.25, -0.2) is 4.68 Å². The SMILES string of the molecule is CCC(C)NC(=O)C(=O)Nc1cc(C)nn1C1NC(=O)CC(C(C)C)N1. The third kappa shape index (κ3) is 4.81. The lowest BCUT2D eigenvalue weighted by molar-refractivity contribution is -0.136. The number of hydrogen-bond acceptors (Lipinski definition) is 5. The Bertz CT molecular complexity index is 684. The van der Waals surface area contributed by atoms with E-state index in [0.29, 0.717) is 17.9 Å². The number of aryl methyl sites for hydroxylation is 1. The first-order valence-corrected chi connectivity index (χ1v) is 8.94. The Hall–Kier alpha value is -2.42. The van der Waals surface area contributed by atoms with E-state index in [1.807, 2.05) is 27.7 Å². The van der Waals surface area contributed by atoms with E-state index in [1.54, 1.807) is 13.0 Å². The maximum Gasteiger partial charge on any atom is 0.314 e. The van der Waals surface area contributed by atoms with Crippen molar-refractivity contribution < 1.29 is 14.4 Å². The van der Waals surface area contributed by atoms with Gasteiger partial charge in [0.1, 0.15) is 5.82 Å². The maximum absolute atomic E-state index is 12.2. The molecule has 0 saturated carbocycles. The third-order valence-corrected chi connectivity index (χ3v) is 4.42. The molecule has 3 unspecified atom stereocenters. The highest BCUT2D eigenvalue weighted by Crippen LogP contribution is 2.19. The highest BCUT2D eigenvalue weighted by Gasteiger charge is 2.31. The first-order valence-electron chi connectivity index (χ1n) is 8.94. The summed E-state index contributed by atoms with van der Waals surface area (Å²) in [7, 11) is 0. The van der Waals surface area contributed by atoms with Gasteiger partial charge in [-0.15, -0.1) is 0 Å². The van der Waals surface area contributed by atoms with Gasteiger partial charge in [-0.2, -0.15) is 5.10 Å². The van der Waals surface area contributed by atoms with Crippen molar-refractivity contribution in [3.05, 3.63) is 11.8 Å². The van der Waals surface area contributed by atoms with Crippen molar-refractivity contribution in [1.29, 1.82) is 0 Å². The smallest absolute Gasteiger partial charge is 0.314 e. The minimum absolute atomic E-state index is 0.00416. The molecule has 0 bridgehead atoms. The monoisotopic (exact) mass is 364 g/mol. The summed E-state index contributed by atoms with van der Waals surface area (Å²) < 4.78 is 1.48. The second-order valence-corrected chi connectivity index (χ2v) is 7.04. The molecule has 2 rings (SSSR count). The number of hydrogen-bond donors (Lipinski definition) is 4. The molecule has 1 aromatic rings. The van der Waals surface area contributed by atoms with Crippen molar-refractivity contribution in [1.82, 2.24) is 25.7 Å². The van der Waals surface area contributed by atoms with Gasteiger partial charge in [0, 0.05) is 24.6 Å². The highest BCUT2D eigenvalue weighted by molar-refractivity contribution is 6.39. The van der Waals surface area contributed by atoms with Crippen LogP contribution in [0.4, 0.5) is 5.82 Å². The summed E-state index contributed by atoms with van der Waals surface area (Å²) in [6.07, 6.45) is 0.517. The van der Waals surface area contributed by atoms with Crippen molar-refractivity contribution in [2.45, 2.75) is 65.8 Å². The van der Waals surface area contributed by atoms with Gasteiger partial charge < -0.3 is 16.0 Å². The average molecular weight is 364 g/mol. The average Bonchev–Trinajstić information content (AvgIpc) is 2.94. The second-order valence-electron chi connectivity index (χ2n) is 7.04. The number of amides is 3. The van der Waals surface area contributed by atoms with E-state index >= 15 is 0 Å². The predicted octanol–water partition coefficient (Wildman–Crippen LogP) is 0.635. The van der Waals surface area contributed by atoms with Crippen LogP contribution in [0.2, 0.25) is 0 Å². The largest absolute Gasteiger partial charge is 0.345 e. The van der Waals surface area contributed by atoms with Gasteiger partial charge in [-0.3, -0.25) is 19.7 Å². The summed E-state index contributed by atoms with van der Waals surface area (Å²) in [5, 5.41) is 15.7. The topological polar surface area (TPSA) is 117 Å². The molecule has 3 atom stereocenters. The number of aromatic nitrogens is 2. The van der Waals surface area contributed by atoms with Gasteiger partial charge in [-0.05, 0) is 26.2 Å². The lowest BCUT2D eigenvalue weighted by Gasteiger charge is -2.34. The van der Waals surface area contributed by atoms with Crippen LogP contribution in [0.3, 0.4) is 0 Å². The molecule has 4 N–H and O–H groups in total. The van der Waals surface area contributed by atoms with Crippen LogP contribution in [0, 0.1) is 12.8 Å². The van der Waals surface area contributed by atoms with Crippen LogP contribution in [0.15, 0.2) is 6.07 Å². The van der Waals surface area contributed by atoms with E-state index in [-0.39, 0.29) is 23.9 Å². The molecule has 0 spiro atoms. The minimum atomic E-state index is -0.769. The lowest BCUT2D eigenvalue weighted by atomic mass is 9.99. The van der Waals surface area contributed by atoms with Crippen LogP contribution in [0.25, 0.3) is 0 Å². The van der Waals surface area contributed by atoms with Crippen molar-refractivity contribution in [3.63, 3.8) is 0 Å². The summed E-state index contributed by atoms with van der Waals surface area (Å²) in [6, 6.07) is 1.56. The summed E-state index contributed by atoms with van der Waals surface area (Å²) >= 11 is 0. The number of anilines is 1. The molecule has 3 amide bonds. The zero-order valence-electron chi connectivity index (χ0n) is 15.9. The molecular formula is C17H28N6O3. The lowest BCUT2D eigenvalue weighted by Crippen LogP contribution is -2.55. The molecule has 9 nitrogen and oxygen atoms in total. The number of nitrogens with one attached hydrogen (secondary N) is 4. The summed E-state index contributed by atoms with van der Waals surface area (Å²) in [5.41, 5.74) is 0.658. The molecule has 144 valence electrons. The van der Waals surface area contributed by atoms with Crippen molar-refractivity contribution >= 4 is 23.5 Å². The van der Waals surface area contributed by atoms with Gasteiger partial charge in [-0.1, -0.05) is 20.8 Å². The Balaban J connectivity index is 2.15. The second kappa shape index (κ2) is 8.31. The Labute approximate surface area is 153 Å². The molecule has 1 fully saturated rings. The zero-order chi connectivity index (χ0) is 19.4. The first-order chi connectivity index (χ1) is 12.2. The summed E-state index contributed by atoms with van der Waals surface area (Å²) in [4.78, 5) is 36.2. The van der Waals surface area contributed by atoms with Crippen molar-refractivity contribution in [2.24, 2.45) is 5.92 Å². The predicted molar refractivity (Wildman–Crippen MR) is 97.0 cm³/mol. The molecule has 0 aliphatic carbocycles. The van der Waals surface area contributed by atoms with E-state index < -0.39 is 18.1 Å². The first kappa shape index (κ1) is 19.9. The summed E-state index contributed by atoms with van der Waals surface area (Å²) in [5.74, 6) is -0.958. The highest BCUT2D eigenvalue weighted by atomic mass is 16.2. The van der Waals surface area contributed by atoms with Crippen LogP contribution in [-0.4, -0.2) is 39.6 Å². The minimum Gasteiger partial charge on any atom is -0.345 e. The standard InChI is InChI=1S/C17H28N6O3/c1-6-10(4)18-15(25)16(26)20-13-7-11(5)22-23(13)17-19-12(9(2)3)8-14(24)21-17/h7,9-10,12,17,19H,6,8H2,1-5H3,(H,18,25)(H,20,26)(H,21,24). The number of carbonyl (C=O) groups is 3. The molecule has 9 heteroatoms. The summed E-state index contributed by atoms with van der Waals surface area (Å²) in [6.45, 7) is 9.58. The van der Waals surface area contributed by atoms with Crippen LogP contribution in [0.1, 0.15) is 52.5 Å². The van der Waals surface area contributed by atoms with E-state index in [4.69, 9.17) is 0 Å². The normalized spacial score (nSPS) is 21.2. The van der Waals surface area contributed by atoms with Gasteiger partial charge >= 0.3 is 11.8 Å². The van der Waals surface area contributed by atoms with Crippen LogP contribution >= 0.6 is 0 Å². The quantitative estimate of drug-likeness (QED) is 0.572. The molecule has 0 aromatic carbocycles. The molecule has 1 aromatic heterocycles. The molecule has 1 saturated heterocycles. The van der Waals surface area contributed by atoms with Gasteiger partial charge in [0.2, 0.25) is 5.91 Å². The van der Waals surface area contributed by atoms with E-state index in [2.05, 4.69) is 26.4 Å². The van der Waals surface area contributed by atoms with Crippen molar-refractivity contribution in [3.8, 4) is 0 Å². The van der Waals surface area contributed by atoms with Crippen molar-refractivity contribution in [2.75, 3.05) is 5.32 Å². The van der Waals surface area contributed by atoms with Crippen LogP contribution in [-0.2, 0) is 14.4 Å². The van der Waals surface area contributed by atoms with E-state index in [0.717, 1.165) is 6.42 Å². The van der Waals surface area contributed by atoms with Gasteiger partial charge in [0.25, 0.3) is 0 Å². The number of carbonyl (C=O) groups excluding carboxylic acids is 3. The maximum atomic E-state index is 12.2. The fourth-order valence-electron chi connectivity index (χ4n) is 2.65. The Kier molecular flexibility index (Phi) is 6.36. The fourth-order valence-corrected chi connectivity index (χ4v) is 2.65. The molecule has 1 aliphatic rings. The molecule has 2 heterocycles. The molecule has 1 aliphatic heterocycles. The Morgan fingerprint density at radius 2 is 2.04 bits per heavy atom. The number of rotatable bonds is 5.